The van der Waals surface area contributed by atoms with Crippen molar-refractivity contribution in [3.05, 3.63) is 0 Å². The minimum Gasteiger partial charge on any atom is -0.305 e. The van der Waals surface area contributed by atoms with E-state index in [0.29, 0.717) is 13.1 Å². The molecule has 0 amide bonds. The lowest BCUT2D eigenvalue weighted by atomic mass is 10.6. The topological polar surface area (TPSA) is 46.2 Å². The molecule has 0 atom stereocenters. The Labute approximate surface area is 74.5 Å². The van der Waals surface area contributed by atoms with Crippen LogP contribution >= 0.6 is 0 Å². The molecule has 0 aromatic heterocycles. The molecular formula is C8H15NO2S. The zero-order valence-corrected chi connectivity index (χ0v) is 8.37. The van der Waals surface area contributed by atoms with Crippen molar-refractivity contribution in [2.45, 2.75) is 13.8 Å². The van der Waals surface area contributed by atoms with Crippen LogP contribution < -0.4 is 5.32 Å². The second-order valence-corrected chi connectivity index (χ2v) is 4.81. The molecule has 0 aliphatic rings. The summed E-state index contributed by atoms with van der Waals surface area (Å²) < 4.78 is 21.9. The number of rotatable bonds is 5. The first-order valence-corrected chi connectivity index (χ1v) is 5.75. The van der Waals surface area contributed by atoms with E-state index < -0.39 is 9.84 Å². The van der Waals surface area contributed by atoms with E-state index in [0.717, 1.165) is 0 Å². The summed E-state index contributed by atoms with van der Waals surface area (Å²) in [4.78, 5) is 0. The quantitative estimate of drug-likeness (QED) is 0.490. The van der Waals surface area contributed by atoms with Gasteiger partial charge in [-0.25, -0.2) is 8.42 Å². The minimum absolute atomic E-state index is 0.203. The molecule has 3 nitrogen and oxygen atoms in total. The Bertz CT molecular complexity index is 259. The molecule has 0 radical (unpaired) electrons. The Morgan fingerprint density at radius 1 is 1.42 bits per heavy atom. The predicted molar refractivity (Wildman–Crippen MR) is 50.6 cm³/mol. The highest BCUT2D eigenvalue weighted by atomic mass is 32.2. The van der Waals surface area contributed by atoms with Gasteiger partial charge in [-0.1, -0.05) is 12.8 Å². The first-order chi connectivity index (χ1) is 5.62. The van der Waals surface area contributed by atoms with Gasteiger partial charge in [-0.05, 0) is 6.92 Å². The van der Waals surface area contributed by atoms with E-state index in [-0.39, 0.29) is 11.5 Å². The maximum absolute atomic E-state index is 11.0. The van der Waals surface area contributed by atoms with E-state index in [1.165, 1.54) is 0 Å². The van der Waals surface area contributed by atoms with Gasteiger partial charge in [-0.3, -0.25) is 0 Å². The maximum atomic E-state index is 11.0. The molecule has 0 aliphatic carbocycles. The van der Waals surface area contributed by atoms with Crippen molar-refractivity contribution in [2.75, 3.05) is 24.6 Å². The molecule has 0 fully saturated rings. The minimum atomic E-state index is -2.82. The summed E-state index contributed by atoms with van der Waals surface area (Å²) in [6.07, 6.45) is 0. The van der Waals surface area contributed by atoms with Gasteiger partial charge in [-0.2, -0.15) is 0 Å². The fourth-order valence-corrected chi connectivity index (χ4v) is 1.36. The normalized spacial score (nSPS) is 10.5. The highest BCUT2D eigenvalue weighted by Crippen LogP contribution is 1.86. The molecule has 0 saturated carbocycles. The van der Waals surface area contributed by atoms with Crippen LogP contribution in [0.15, 0.2) is 0 Å². The maximum Gasteiger partial charge on any atom is 0.151 e. The lowest BCUT2D eigenvalue weighted by molar-refractivity contribution is 0.594. The largest absolute Gasteiger partial charge is 0.305 e. The lowest BCUT2D eigenvalue weighted by Gasteiger charge is -2.00. The van der Waals surface area contributed by atoms with E-state index in [9.17, 15) is 8.42 Å². The Morgan fingerprint density at radius 2 is 2.08 bits per heavy atom. The van der Waals surface area contributed by atoms with Gasteiger partial charge in [-0.15, -0.1) is 5.92 Å². The van der Waals surface area contributed by atoms with E-state index in [4.69, 9.17) is 0 Å². The average Bonchev–Trinajstić information content (AvgIpc) is 2.04. The van der Waals surface area contributed by atoms with Crippen LogP contribution in [0.4, 0.5) is 0 Å². The number of hydrogen-bond donors (Lipinski definition) is 1. The molecular weight excluding hydrogens is 174 g/mol. The molecule has 0 aliphatic heterocycles. The van der Waals surface area contributed by atoms with Gasteiger partial charge < -0.3 is 5.32 Å². The van der Waals surface area contributed by atoms with Crippen LogP contribution in [0.2, 0.25) is 0 Å². The van der Waals surface area contributed by atoms with Crippen molar-refractivity contribution in [2.24, 2.45) is 0 Å². The molecule has 0 aromatic rings. The van der Waals surface area contributed by atoms with Gasteiger partial charge in [0, 0.05) is 12.3 Å². The zero-order chi connectivity index (χ0) is 9.45. The van der Waals surface area contributed by atoms with Gasteiger partial charge in [0.2, 0.25) is 0 Å². The fraction of sp³-hybridized carbons (Fsp3) is 0.750. The number of nitrogens with one attached hydrogen (secondary N) is 1. The van der Waals surface area contributed by atoms with Gasteiger partial charge in [0.15, 0.2) is 9.84 Å². The van der Waals surface area contributed by atoms with E-state index >= 15 is 0 Å². The smallest absolute Gasteiger partial charge is 0.151 e. The van der Waals surface area contributed by atoms with Crippen molar-refractivity contribution >= 4 is 9.84 Å². The van der Waals surface area contributed by atoms with E-state index in [2.05, 4.69) is 17.2 Å². The van der Waals surface area contributed by atoms with E-state index in [1.807, 2.05) is 0 Å². The van der Waals surface area contributed by atoms with Gasteiger partial charge in [0.1, 0.15) is 0 Å². The molecule has 4 heteroatoms. The second kappa shape index (κ2) is 6.04. The van der Waals surface area contributed by atoms with Crippen LogP contribution in [0.5, 0.6) is 0 Å². The van der Waals surface area contributed by atoms with Crippen LogP contribution in [0.3, 0.4) is 0 Å². The highest BCUT2D eigenvalue weighted by Gasteiger charge is 2.04. The summed E-state index contributed by atoms with van der Waals surface area (Å²) in [5.41, 5.74) is 0. The SMILES string of the molecule is CC#CCNCCS(=O)(=O)CC. The van der Waals surface area contributed by atoms with Crippen molar-refractivity contribution in [1.29, 1.82) is 0 Å². The third-order valence-electron chi connectivity index (χ3n) is 1.42. The fourth-order valence-electron chi connectivity index (χ4n) is 0.611. The second-order valence-electron chi connectivity index (χ2n) is 2.34. The predicted octanol–water partition coefficient (Wildman–Crippen LogP) is 0.0340. The zero-order valence-electron chi connectivity index (χ0n) is 7.55. The van der Waals surface area contributed by atoms with Crippen LogP contribution in [-0.4, -0.2) is 33.0 Å². The standard InChI is InChI=1S/C8H15NO2S/c1-3-5-6-9-7-8-12(10,11)4-2/h9H,4,6-8H2,1-2H3. The first kappa shape index (κ1) is 11.5. The molecule has 0 unspecified atom stereocenters. The summed E-state index contributed by atoms with van der Waals surface area (Å²) in [6, 6.07) is 0. The summed E-state index contributed by atoms with van der Waals surface area (Å²) in [6.45, 7) is 4.46. The summed E-state index contributed by atoms with van der Waals surface area (Å²) in [5.74, 6) is 5.93. The average molecular weight is 189 g/mol. The number of sulfone groups is 1. The van der Waals surface area contributed by atoms with Crippen molar-refractivity contribution in [3.8, 4) is 11.8 Å². The molecule has 0 spiro atoms. The van der Waals surface area contributed by atoms with Crippen LogP contribution in [0.25, 0.3) is 0 Å². The summed E-state index contributed by atoms with van der Waals surface area (Å²) in [7, 11) is -2.82. The molecule has 0 bridgehead atoms. The first-order valence-electron chi connectivity index (χ1n) is 3.93. The third kappa shape index (κ3) is 6.20. The van der Waals surface area contributed by atoms with Crippen molar-refractivity contribution in [1.82, 2.24) is 5.32 Å². The van der Waals surface area contributed by atoms with Crippen LogP contribution in [-0.2, 0) is 9.84 Å². The van der Waals surface area contributed by atoms with Crippen molar-refractivity contribution in [3.63, 3.8) is 0 Å². The molecule has 0 saturated heterocycles. The van der Waals surface area contributed by atoms with Crippen LogP contribution in [0, 0.1) is 11.8 Å². The summed E-state index contributed by atoms with van der Waals surface area (Å²) in [5, 5.41) is 2.92. The van der Waals surface area contributed by atoms with Gasteiger partial charge in [0.25, 0.3) is 0 Å². The Balaban J connectivity index is 3.49. The van der Waals surface area contributed by atoms with E-state index in [1.54, 1.807) is 13.8 Å². The Kier molecular flexibility index (Phi) is 5.77. The van der Waals surface area contributed by atoms with Crippen LogP contribution in [0.1, 0.15) is 13.8 Å². The van der Waals surface area contributed by atoms with Crippen molar-refractivity contribution < 1.29 is 8.42 Å². The highest BCUT2D eigenvalue weighted by molar-refractivity contribution is 7.91. The lowest BCUT2D eigenvalue weighted by Crippen LogP contribution is -2.24. The number of hydrogen-bond acceptors (Lipinski definition) is 3. The molecule has 0 heterocycles. The monoisotopic (exact) mass is 189 g/mol. The molecule has 0 rings (SSSR count). The van der Waals surface area contributed by atoms with Gasteiger partial charge in [0.05, 0.1) is 12.3 Å². The Morgan fingerprint density at radius 3 is 2.58 bits per heavy atom. The molecule has 1 N–H and O–H groups in total. The molecule has 0 aromatic carbocycles. The molecule has 70 valence electrons. The third-order valence-corrected chi connectivity index (χ3v) is 3.13. The molecule has 12 heavy (non-hydrogen) atoms. The Hall–Kier alpha value is -0.530. The van der Waals surface area contributed by atoms with Gasteiger partial charge >= 0.3 is 0 Å². The summed E-state index contributed by atoms with van der Waals surface area (Å²) >= 11 is 0.